The zero-order valence-corrected chi connectivity index (χ0v) is 11.1. The Hall–Kier alpha value is -0.380. The van der Waals surface area contributed by atoms with Crippen LogP contribution in [-0.2, 0) is 10.5 Å². The number of halogens is 2. The van der Waals surface area contributed by atoms with Gasteiger partial charge in [0.15, 0.2) is 0 Å². The van der Waals surface area contributed by atoms with Crippen LogP contribution in [0, 0.1) is 5.92 Å². The van der Waals surface area contributed by atoms with Gasteiger partial charge in [-0.1, -0.05) is 30.1 Å². The van der Waals surface area contributed by atoms with Crippen LogP contribution in [0.25, 0.3) is 0 Å². The maximum atomic E-state index is 10.6. The van der Waals surface area contributed by atoms with E-state index in [1.165, 1.54) is 0 Å². The normalized spacial score (nSPS) is 12.4. The molecule has 0 fully saturated rings. The van der Waals surface area contributed by atoms with Crippen LogP contribution in [0.4, 0.5) is 0 Å². The van der Waals surface area contributed by atoms with E-state index in [9.17, 15) is 4.79 Å². The number of carboxylic acids is 1. The van der Waals surface area contributed by atoms with Crippen LogP contribution in [0.3, 0.4) is 0 Å². The topological polar surface area (TPSA) is 37.3 Å². The third-order valence-corrected chi connectivity index (χ3v) is 3.91. The molecule has 0 amide bonds. The predicted octanol–water partition coefficient (Wildman–Crippen LogP) is 3.95. The Morgan fingerprint density at radius 2 is 2.19 bits per heavy atom. The van der Waals surface area contributed by atoms with Gasteiger partial charge in [0.1, 0.15) is 0 Å². The van der Waals surface area contributed by atoms with E-state index in [0.717, 1.165) is 5.56 Å². The van der Waals surface area contributed by atoms with E-state index in [-0.39, 0.29) is 5.92 Å². The Balaban J connectivity index is 2.48. The lowest BCUT2D eigenvalue weighted by molar-refractivity contribution is -0.140. The molecular formula is C11H12Cl2O2S. The molecule has 1 aromatic rings. The number of hydrogen-bond acceptors (Lipinski definition) is 2. The summed E-state index contributed by atoms with van der Waals surface area (Å²) in [6, 6.07) is 5.29. The summed E-state index contributed by atoms with van der Waals surface area (Å²) in [4.78, 5) is 10.6. The first-order valence-electron chi connectivity index (χ1n) is 4.75. The first-order valence-corrected chi connectivity index (χ1v) is 6.66. The molecule has 0 aliphatic heterocycles. The van der Waals surface area contributed by atoms with E-state index in [2.05, 4.69) is 0 Å². The van der Waals surface area contributed by atoms with Crippen LogP contribution in [0.15, 0.2) is 18.2 Å². The molecule has 0 heterocycles. The lowest BCUT2D eigenvalue weighted by atomic mass is 10.2. The van der Waals surface area contributed by atoms with Crippen molar-refractivity contribution in [2.75, 3.05) is 5.75 Å². The molecular weight excluding hydrogens is 267 g/mol. The van der Waals surface area contributed by atoms with Crippen molar-refractivity contribution in [3.63, 3.8) is 0 Å². The summed E-state index contributed by atoms with van der Waals surface area (Å²) in [6.45, 7) is 1.69. The van der Waals surface area contributed by atoms with Crippen LogP contribution in [0.1, 0.15) is 12.5 Å². The van der Waals surface area contributed by atoms with E-state index in [1.807, 2.05) is 6.07 Å². The Morgan fingerprint density at radius 3 is 2.81 bits per heavy atom. The number of hydrogen-bond donors (Lipinski definition) is 1. The molecule has 1 aromatic carbocycles. The van der Waals surface area contributed by atoms with Gasteiger partial charge in [-0.2, -0.15) is 11.8 Å². The van der Waals surface area contributed by atoms with Crippen LogP contribution in [0.5, 0.6) is 0 Å². The zero-order chi connectivity index (χ0) is 12.1. The molecule has 0 aromatic heterocycles. The number of carboxylic acid groups (broad SMARTS) is 1. The fourth-order valence-corrected chi connectivity index (χ4v) is 2.60. The summed E-state index contributed by atoms with van der Waals surface area (Å²) in [5.74, 6) is 0.127. The van der Waals surface area contributed by atoms with E-state index in [1.54, 1.807) is 30.8 Å². The van der Waals surface area contributed by atoms with Crippen molar-refractivity contribution < 1.29 is 9.90 Å². The van der Waals surface area contributed by atoms with Gasteiger partial charge in [-0.25, -0.2) is 0 Å². The van der Waals surface area contributed by atoms with Crippen LogP contribution >= 0.6 is 35.0 Å². The highest BCUT2D eigenvalue weighted by Crippen LogP contribution is 2.25. The second kappa shape index (κ2) is 6.38. The molecule has 1 unspecified atom stereocenters. The summed E-state index contributed by atoms with van der Waals surface area (Å²) in [5, 5.41) is 10.0. The Kier molecular flexibility index (Phi) is 5.46. The standard InChI is InChI=1S/C11H12Cl2O2S/c1-7(11(14)15)5-16-6-8-4-9(12)2-3-10(8)13/h2-4,7H,5-6H2,1H3,(H,14,15). The minimum absolute atomic E-state index is 0.344. The van der Waals surface area contributed by atoms with Crippen LogP contribution in [-0.4, -0.2) is 16.8 Å². The lowest BCUT2D eigenvalue weighted by Gasteiger charge is -2.07. The van der Waals surface area contributed by atoms with Crippen molar-refractivity contribution in [1.82, 2.24) is 0 Å². The van der Waals surface area contributed by atoms with Gasteiger partial charge < -0.3 is 5.11 Å². The van der Waals surface area contributed by atoms with Crippen LogP contribution < -0.4 is 0 Å². The smallest absolute Gasteiger partial charge is 0.307 e. The number of thioether (sulfide) groups is 1. The van der Waals surface area contributed by atoms with Gasteiger partial charge in [0.05, 0.1) is 5.92 Å². The molecule has 0 saturated heterocycles. The maximum absolute atomic E-state index is 10.6. The molecule has 1 atom stereocenters. The second-order valence-corrected chi connectivity index (χ2v) is 5.36. The van der Waals surface area contributed by atoms with E-state index < -0.39 is 5.97 Å². The van der Waals surface area contributed by atoms with Crippen molar-refractivity contribution in [3.8, 4) is 0 Å². The van der Waals surface area contributed by atoms with Crippen molar-refractivity contribution >= 4 is 40.9 Å². The highest BCUT2D eigenvalue weighted by atomic mass is 35.5. The molecule has 16 heavy (non-hydrogen) atoms. The van der Waals surface area contributed by atoms with Gasteiger partial charge in [0.2, 0.25) is 0 Å². The zero-order valence-electron chi connectivity index (χ0n) is 8.74. The molecule has 0 spiro atoms. The molecule has 0 radical (unpaired) electrons. The van der Waals surface area contributed by atoms with Gasteiger partial charge in [-0.3, -0.25) is 4.79 Å². The molecule has 0 bridgehead atoms. The number of rotatable bonds is 5. The van der Waals surface area contributed by atoms with E-state index in [4.69, 9.17) is 28.3 Å². The second-order valence-electron chi connectivity index (χ2n) is 3.49. The Labute approximate surface area is 109 Å². The Bertz CT molecular complexity index is 382. The molecule has 2 nitrogen and oxygen atoms in total. The fourth-order valence-electron chi connectivity index (χ4n) is 1.07. The molecule has 1 N–H and O–H groups in total. The molecule has 5 heteroatoms. The van der Waals surface area contributed by atoms with E-state index >= 15 is 0 Å². The minimum atomic E-state index is -0.773. The average Bonchev–Trinajstić information content (AvgIpc) is 2.22. The lowest BCUT2D eigenvalue weighted by Crippen LogP contribution is -2.11. The highest BCUT2D eigenvalue weighted by Gasteiger charge is 2.11. The van der Waals surface area contributed by atoms with Gasteiger partial charge in [0, 0.05) is 21.6 Å². The fraction of sp³-hybridized carbons (Fsp3) is 0.364. The summed E-state index contributed by atoms with van der Waals surface area (Å²) < 4.78 is 0. The van der Waals surface area contributed by atoms with Crippen molar-refractivity contribution in [2.24, 2.45) is 5.92 Å². The van der Waals surface area contributed by atoms with Gasteiger partial charge in [0.25, 0.3) is 0 Å². The molecule has 0 aliphatic rings. The average molecular weight is 279 g/mol. The number of carbonyl (C=O) groups is 1. The summed E-state index contributed by atoms with van der Waals surface area (Å²) >= 11 is 13.4. The summed E-state index contributed by atoms with van der Waals surface area (Å²) in [7, 11) is 0. The SMILES string of the molecule is CC(CSCc1cc(Cl)ccc1Cl)C(=O)O. The van der Waals surface area contributed by atoms with Crippen molar-refractivity contribution in [2.45, 2.75) is 12.7 Å². The first-order chi connectivity index (χ1) is 7.50. The van der Waals surface area contributed by atoms with Gasteiger partial charge >= 0.3 is 5.97 Å². The predicted molar refractivity (Wildman–Crippen MR) is 69.4 cm³/mol. The third kappa shape index (κ3) is 4.24. The molecule has 88 valence electrons. The van der Waals surface area contributed by atoms with Crippen molar-refractivity contribution in [1.29, 1.82) is 0 Å². The first kappa shape index (κ1) is 13.7. The highest BCUT2D eigenvalue weighted by molar-refractivity contribution is 7.98. The van der Waals surface area contributed by atoms with Crippen LogP contribution in [0.2, 0.25) is 10.0 Å². The monoisotopic (exact) mass is 278 g/mol. The molecule has 1 rings (SSSR count). The quantitative estimate of drug-likeness (QED) is 0.886. The van der Waals surface area contributed by atoms with Gasteiger partial charge in [-0.15, -0.1) is 0 Å². The minimum Gasteiger partial charge on any atom is -0.481 e. The summed E-state index contributed by atoms with van der Waals surface area (Å²) in [5.41, 5.74) is 0.941. The largest absolute Gasteiger partial charge is 0.481 e. The summed E-state index contributed by atoms with van der Waals surface area (Å²) in [6.07, 6.45) is 0. The molecule has 0 aliphatic carbocycles. The Morgan fingerprint density at radius 1 is 1.50 bits per heavy atom. The van der Waals surface area contributed by atoms with E-state index in [0.29, 0.717) is 21.6 Å². The number of aliphatic carboxylic acids is 1. The maximum Gasteiger partial charge on any atom is 0.307 e. The number of benzene rings is 1. The third-order valence-electron chi connectivity index (χ3n) is 2.05. The van der Waals surface area contributed by atoms with Gasteiger partial charge in [-0.05, 0) is 23.8 Å². The van der Waals surface area contributed by atoms with Crippen molar-refractivity contribution in [3.05, 3.63) is 33.8 Å². The molecule has 0 saturated carbocycles.